The first-order valence-electron chi connectivity index (χ1n) is 8.81. The van der Waals surface area contributed by atoms with E-state index >= 15 is 0 Å². The van der Waals surface area contributed by atoms with Gasteiger partial charge in [0.15, 0.2) is 0 Å². The summed E-state index contributed by atoms with van der Waals surface area (Å²) >= 11 is 0. The summed E-state index contributed by atoms with van der Waals surface area (Å²) in [5.41, 5.74) is 2.36. The Morgan fingerprint density at radius 1 is 1.09 bits per heavy atom. The minimum atomic E-state index is -0.214. The number of Topliss-reactive ketones (excluding diaryl/α,β-unsaturated/α-hetero) is 1. The molecule has 0 spiro atoms. The third-order valence-electron chi connectivity index (χ3n) is 7.10. The summed E-state index contributed by atoms with van der Waals surface area (Å²) in [7, 11) is 3.57. The second-order valence-corrected chi connectivity index (χ2v) is 7.75. The first-order valence-corrected chi connectivity index (χ1v) is 8.81. The molecule has 0 N–H and O–H groups in total. The molecule has 0 unspecified atom stereocenters. The van der Waals surface area contributed by atoms with Crippen LogP contribution in [0.15, 0.2) is 18.2 Å². The van der Waals surface area contributed by atoms with Crippen LogP contribution in [0.4, 0.5) is 0 Å². The lowest BCUT2D eigenvalue weighted by Crippen LogP contribution is -2.53. The van der Waals surface area contributed by atoms with Crippen molar-refractivity contribution in [3.63, 3.8) is 0 Å². The molecule has 0 radical (unpaired) electrons. The van der Waals surface area contributed by atoms with Crippen molar-refractivity contribution in [2.75, 3.05) is 14.2 Å². The van der Waals surface area contributed by atoms with Gasteiger partial charge in [0.2, 0.25) is 0 Å². The second-order valence-electron chi connectivity index (χ2n) is 7.75. The highest BCUT2D eigenvalue weighted by Crippen LogP contribution is 2.62. The number of ketones is 1. The van der Waals surface area contributed by atoms with Crippen LogP contribution in [0.25, 0.3) is 0 Å². The zero-order chi connectivity index (χ0) is 16.2. The van der Waals surface area contributed by atoms with E-state index in [1.165, 1.54) is 11.1 Å². The molecule has 1 aromatic rings. The predicted molar refractivity (Wildman–Crippen MR) is 88.6 cm³/mol. The predicted octanol–water partition coefficient (Wildman–Crippen LogP) is 3.88. The molecule has 2 saturated carbocycles. The number of hydrogen-bond acceptors (Lipinski definition) is 3. The molecule has 3 aliphatic rings. The number of hydrogen-bond donors (Lipinski definition) is 0. The second kappa shape index (κ2) is 5.07. The highest BCUT2D eigenvalue weighted by Gasteiger charge is 2.60. The first-order chi connectivity index (χ1) is 11.0. The Bertz CT molecular complexity index is 652. The van der Waals surface area contributed by atoms with Crippen LogP contribution in [0.1, 0.15) is 50.2 Å². The molecule has 0 bridgehead atoms. The summed E-state index contributed by atoms with van der Waals surface area (Å²) < 4.78 is 11.6. The van der Waals surface area contributed by atoms with E-state index in [4.69, 9.17) is 9.47 Å². The van der Waals surface area contributed by atoms with Gasteiger partial charge in [0.25, 0.3) is 0 Å². The van der Waals surface area contributed by atoms with Crippen LogP contribution in [-0.4, -0.2) is 20.0 Å². The van der Waals surface area contributed by atoms with E-state index in [1.807, 2.05) is 7.11 Å². The van der Waals surface area contributed by atoms with Crippen LogP contribution < -0.4 is 4.74 Å². The molecule has 23 heavy (non-hydrogen) atoms. The summed E-state index contributed by atoms with van der Waals surface area (Å²) in [6.45, 7) is 2.20. The van der Waals surface area contributed by atoms with Crippen molar-refractivity contribution in [2.24, 2.45) is 17.3 Å². The summed E-state index contributed by atoms with van der Waals surface area (Å²) in [6.07, 6.45) is 5.87. The summed E-state index contributed by atoms with van der Waals surface area (Å²) in [5.74, 6) is 2.33. The Labute approximate surface area is 138 Å². The van der Waals surface area contributed by atoms with Crippen molar-refractivity contribution < 1.29 is 14.3 Å². The van der Waals surface area contributed by atoms with Gasteiger partial charge in [-0.3, -0.25) is 4.79 Å². The van der Waals surface area contributed by atoms with Gasteiger partial charge in [0.1, 0.15) is 11.5 Å². The Morgan fingerprint density at radius 2 is 1.87 bits per heavy atom. The molecule has 3 nitrogen and oxygen atoms in total. The van der Waals surface area contributed by atoms with Crippen molar-refractivity contribution in [3.05, 3.63) is 29.3 Å². The molecule has 0 saturated heterocycles. The van der Waals surface area contributed by atoms with Gasteiger partial charge in [-0.1, -0.05) is 13.0 Å². The maximum atomic E-state index is 12.5. The van der Waals surface area contributed by atoms with E-state index < -0.39 is 0 Å². The average molecular weight is 314 g/mol. The molecule has 4 rings (SSSR count). The third-order valence-corrected chi connectivity index (χ3v) is 7.10. The van der Waals surface area contributed by atoms with Crippen LogP contribution in [0, 0.1) is 17.3 Å². The van der Waals surface area contributed by atoms with Gasteiger partial charge in [-0.25, -0.2) is 0 Å². The molecule has 3 aliphatic carbocycles. The molecule has 0 heterocycles. The number of carbonyl (C=O) groups is 1. The maximum absolute atomic E-state index is 12.5. The van der Waals surface area contributed by atoms with Crippen molar-refractivity contribution in [3.8, 4) is 5.75 Å². The lowest BCUT2D eigenvalue weighted by Gasteiger charge is -2.55. The van der Waals surface area contributed by atoms with Crippen LogP contribution in [0.2, 0.25) is 0 Å². The number of ether oxygens (including phenoxy) is 2. The van der Waals surface area contributed by atoms with Gasteiger partial charge in [-0.15, -0.1) is 0 Å². The average Bonchev–Trinajstić information content (AvgIpc) is 2.89. The van der Waals surface area contributed by atoms with Gasteiger partial charge < -0.3 is 9.47 Å². The van der Waals surface area contributed by atoms with E-state index in [2.05, 4.69) is 25.1 Å². The molecule has 4 atom stereocenters. The quantitative estimate of drug-likeness (QED) is 0.831. The highest BCUT2D eigenvalue weighted by atomic mass is 16.5. The lowest BCUT2D eigenvalue weighted by molar-refractivity contribution is -0.157. The normalized spacial score (nSPS) is 38.7. The molecule has 2 fully saturated rings. The number of fused-ring (bicyclic) bond motifs is 5. The summed E-state index contributed by atoms with van der Waals surface area (Å²) in [5, 5.41) is 0. The number of aryl methyl sites for hydroxylation is 1. The van der Waals surface area contributed by atoms with Crippen LogP contribution >= 0.6 is 0 Å². The zero-order valence-electron chi connectivity index (χ0n) is 14.4. The molecule has 0 aromatic heterocycles. The lowest BCUT2D eigenvalue weighted by atomic mass is 9.53. The number of benzene rings is 1. The van der Waals surface area contributed by atoms with Crippen molar-refractivity contribution in [2.45, 2.75) is 51.0 Å². The van der Waals surface area contributed by atoms with Gasteiger partial charge in [0, 0.05) is 18.9 Å². The number of carbonyl (C=O) groups excluding carboxylic acids is 1. The van der Waals surface area contributed by atoms with Gasteiger partial charge in [-0.05, 0) is 67.2 Å². The Balaban J connectivity index is 1.80. The summed E-state index contributed by atoms with van der Waals surface area (Å²) in [4.78, 5) is 12.5. The van der Waals surface area contributed by atoms with E-state index in [0.717, 1.165) is 44.3 Å². The van der Waals surface area contributed by atoms with Crippen LogP contribution in [0.3, 0.4) is 0 Å². The molecular weight excluding hydrogens is 288 g/mol. The molecule has 0 aliphatic heterocycles. The Morgan fingerprint density at radius 3 is 2.61 bits per heavy atom. The number of rotatable bonds is 2. The highest BCUT2D eigenvalue weighted by molar-refractivity contribution is 5.87. The van der Waals surface area contributed by atoms with Gasteiger partial charge in [-0.2, -0.15) is 0 Å². The van der Waals surface area contributed by atoms with Crippen molar-refractivity contribution >= 4 is 5.78 Å². The number of methoxy groups -OCH3 is 2. The third kappa shape index (κ3) is 1.89. The molecule has 124 valence electrons. The van der Waals surface area contributed by atoms with E-state index in [-0.39, 0.29) is 11.0 Å². The largest absolute Gasteiger partial charge is 0.497 e. The van der Waals surface area contributed by atoms with Gasteiger partial charge in [0.05, 0.1) is 12.7 Å². The summed E-state index contributed by atoms with van der Waals surface area (Å²) in [6, 6.07) is 6.42. The smallest absolute Gasteiger partial charge is 0.139 e. The van der Waals surface area contributed by atoms with Crippen molar-refractivity contribution in [1.29, 1.82) is 0 Å². The zero-order valence-corrected chi connectivity index (χ0v) is 14.4. The van der Waals surface area contributed by atoms with Gasteiger partial charge >= 0.3 is 0 Å². The molecule has 0 amide bonds. The van der Waals surface area contributed by atoms with Crippen molar-refractivity contribution in [1.82, 2.24) is 0 Å². The minimum absolute atomic E-state index is 0.114. The molecular formula is C20H26O3. The fraction of sp³-hybridized carbons (Fsp3) is 0.650. The topological polar surface area (TPSA) is 35.5 Å². The molecule has 3 heteroatoms. The van der Waals surface area contributed by atoms with E-state index in [1.54, 1.807) is 7.11 Å². The fourth-order valence-electron chi connectivity index (χ4n) is 5.78. The fourth-order valence-corrected chi connectivity index (χ4v) is 5.78. The Kier molecular flexibility index (Phi) is 3.35. The first kappa shape index (κ1) is 15.2. The SMILES string of the molecule is COc1ccc2c(c1)CC[C@H]1[C@@H]3CCC(=O)[C@@]3(C)CC[C@]21OC. The molecule has 1 aromatic carbocycles. The minimum Gasteiger partial charge on any atom is -0.497 e. The van der Waals surface area contributed by atoms with E-state index in [0.29, 0.717) is 17.6 Å². The van der Waals surface area contributed by atoms with Crippen LogP contribution in [0.5, 0.6) is 5.75 Å². The van der Waals surface area contributed by atoms with Crippen LogP contribution in [-0.2, 0) is 21.6 Å². The monoisotopic (exact) mass is 314 g/mol. The Hall–Kier alpha value is -1.35. The van der Waals surface area contributed by atoms with E-state index in [9.17, 15) is 4.79 Å². The maximum Gasteiger partial charge on any atom is 0.139 e. The standard InChI is InChI=1S/C20H26O3/c1-19-10-11-20(23-3)15-7-5-14(22-2)12-13(15)4-6-17(20)16(19)8-9-18(19)21/h5,7,12,16-17H,4,6,8-11H2,1-3H3/t16-,17-,19-,20-/m0/s1.